The average Bonchev–Trinajstić information content (AvgIpc) is 3.62. The lowest BCUT2D eigenvalue weighted by Gasteiger charge is -2.39. The maximum atomic E-state index is 15.3. The first-order valence-corrected chi connectivity index (χ1v) is 22.3. The third kappa shape index (κ3) is 6.13. The first-order valence-electron chi connectivity index (χ1n) is 19.2. The summed E-state index contributed by atoms with van der Waals surface area (Å²) in [5.41, 5.74) is 3.97. The molecule has 4 aromatic carbocycles. The molecule has 10 nitrogen and oxygen atoms in total. The van der Waals surface area contributed by atoms with Crippen LogP contribution in [0.15, 0.2) is 91.0 Å². The molecule has 11 heteroatoms. The number of aliphatic hydroxyl groups is 1. The number of benzene rings is 4. The van der Waals surface area contributed by atoms with Crippen LogP contribution in [-0.2, 0) is 44.2 Å². The minimum atomic E-state index is -2.53. The van der Waals surface area contributed by atoms with Crippen LogP contribution in [0, 0.1) is 5.92 Å². The zero-order valence-electron chi connectivity index (χ0n) is 32.2. The van der Waals surface area contributed by atoms with Crippen LogP contribution in [-0.4, -0.2) is 75.3 Å². The lowest BCUT2D eigenvalue weighted by atomic mass is 9.82. The van der Waals surface area contributed by atoms with Crippen molar-refractivity contribution < 1.29 is 33.7 Å². The van der Waals surface area contributed by atoms with E-state index in [1.807, 2.05) is 77.7 Å². The van der Waals surface area contributed by atoms with Crippen LogP contribution >= 0.6 is 0 Å². The fourth-order valence-electron chi connectivity index (χ4n) is 9.66. The van der Waals surface area contributed by atoms with Crippen molar-refractivity contribution >= 4 is 42.4 Å². The Bertz CT molecular complexity index is 2120. The Hall–Kier alpha value is -4.97. The van der Waals surface area contributed by atoms with Crippen molar-refractivity contribution in [1.82, 2.24) is 4.90 Å². The fraction of sp³-hybridized carbons (Fsp3) is 0.386. The molecule has 3 amide bonds. The number of carbonyl (C=O) groups is 3. The molecule has 4 aliphatic rings. The van der Waals surface area contributed by atoms with E-state index in [1.165, 1.54) is 5.19 Å². The largest absolute Gasteiger partial charge is 0.497 e. The zero-order valence-corrected chi connectivity index (χ0v) is 33.2. The quantitative estimate of drug-likeness (QED) is 0.167. The van der Waals surface area contributed by atoms with E-state index in [9.17, 15) is 14.7 Å². The number of ether oxygens (including phenoxy) is 3. The molecule has 4 heterocycles. The van der Waals surface area contributed by atoms with Gasteiger partial charge in [-0.2, -0.15) is 0 Å². The van der Waals surface area contributed by atoms with Gasteiger partial charge < -0.3 is 34.0 Å². The Morgan fingerprint density at radius 2 is 1.62 bits per heavy atom. The van der Waals surface area contributed by atoms with Gasteiger partial charge in [-0.25, -0.2) is 0 Å². The number of hydrogen-bond donors (Lipinski definition) is 1. The second kappa shape index (κ2) is 14.3. The molecule has 0 unspecified atom stereocenters. The topological polar surface area (TPSA) is 109 Å². The predicted octanol–water partition coefficient (Wildman–Crippen LogP) is 5.54. The Morgan fingerprint density at radius 1 is 0.927 bits per heavy atom. The minimum Gasteiger partial charge on any atom is -0.497 e. The number of carbonyl (C=O) groups excluding carboxylic acids is 3. The third-order valence-corrected chi connectivity index (χ3v) is 17.1. The number of methoxy groups -OCH3 is 2. The number of fused-ring (bicyclic) bond motifs is 3. The van der Waals surface area contributed by atoms with E-state index in [-0.39, 0.29) is 48.3 Å². The van der Waals surface area contributed by atoms with Gasteiger partial charge in [0.1, 0.15) is 11.5 Å². The van der Waals surface area contributed by atoms with Gasteiger partial charge >= 0.3 is 0 Å². The molecule has 5 atom stereocenters. The van der Waals surface area contributed by atoms with Gasteiger partial charge in [-0.15, -0.1) is 0 Å². The Morgan fingerprint density at radius 3 is 2.25 bits per heavy atom. The van der Waals surface area contributed by atoms with Crippen LogP contribution < -0.4 is 24.5 Å². The smallest absolute Gasteiger partial charge is 0.264 e. The van der Waals surface area contributed by atoms with Crippen LogP contribution in [0.25, 0.3) is 0 Å². The van der Waals surface area contributed by atoms with Gasteiger partial charge in [0.15, 0.2) is 5.60 Å². The first-order chi connectivity index (χ1) is 26.5. The summed E-state index contributed by atoms with van der Waals surface area (Å²) in [6.45, 7) is 8.01. The number of β-lactam (4-membered cyclic amide) rings is 1. The molecule has 0 aliphatic carbocycles. The van der Waals surface area contributed by atoms with E-state index in [4.69, 9.17) is 14.2 Å². The van der Waals surface area contributed by atoms with Crippen molar-refractivity contribution in [3.63, 3.8) is 0 Å². The van der Waals surface area contributed by atoms with Crippen molar-refractivity contribution in [2.45, 2.75) is 75.7 Å². The molecule has 55 heavy (non-hydrogen) atoms. The molecule has 8 rings (SSSR count). The number of nitrogens with zero attached hydrogens (tertiary/aromatic N) is 3. The number of anilines is 2. The lowest BCUT2D eigenvalue weighted by Crippen LogP contribution is -2.52. The monoisotopic (exact) mass is 759 g/mol. The summed E-state index contributed by atoms with van der Waals surface area (Å²) in [5.74, 6) is 0.923. The van der Waals surface area contributed by atoms with Crippen molar-refractivity contribution in [1.29, 1.82) is 0 Å². The molecular weight excluding hydrogens is 711 g/mol. The van der Waals surface area contributed by atoms with Crippen LogP contribution in [0.4, 0.5) is 11.4 Å². The maximum absolute atomic E-state index is 15.3. The van der Waals surface area contributed by atoms with Crippen LogP contribution in [0.2, 0.25) is 18.6 Å². The van der Waals surface area contributed by atoms with Crippen LogP contribution in [0.3, 0.4) is 0 Å². The molecule has 1 N–H and O–H groups in total. The van der Waals surface area contributed by atoms with Gasteiger partial charge in [-0.1, -0.05) is 73.7 Å². The molecule has 0 radical (unpaired) electrons. The van der Waals surface area contributed by atoms with E-state index in [0.717, 1.165) is 39.4 Å². The number of amides is 3. The molecule has 0 saturated carbocycles. The summed E-state index contributed by atoms with van der Waals surface area (Å²) in [6, 6.07) is 29.5. The van der Waals surface area contributed by atoms with Gasteiger partial charge in [-0.3, -0.25) is 14.4 Å². The molecule has 4 aliphatic heterocycles. The van der Waals surface area contributed by atoms with E-state index < -0.39 is 19.8 Å². The Labute approximate surface area is 323 Å². The molecule has 0 bridgehead atoms. The molecule has 0 aromatic heterocycles. The van der Waals surface area contributed by atoms with Gasteiger partial charge in [-0.05, 0) is 71.1 Å². The van der Waals surface area contributed by atoms with Crippen molar-refractivity contribution in [3.05, 3.63) is 113 Å². The SMILES string of the molecule is COc1ccc([Si](C)(C)[C@H]2[C@H](CC(=O)N3Cc4ccccc4C[C@H]3CO)O[C@@]3(C(=O)N(Cc4ccc(N5CCC5=O)cc4)c4ccc(OC)cc43)[C@@H]2C)cc1. The highest BCUT2D eigenvalue weighted by Gasteiger charge is 2.66. The second-order valence-corrected chi connectivity index (χ2v) is 20.6. The summed E-state index contributed by atoms with van der Waals surface area (Å²) in [6.07, 6.45) is 0.629. The first kappa shape index (κ1) is 37.0. The Balaban J connectivity index is 1.18. The van der Waals surface area contributed by atoms with Crippen LogP contribution in [0.5, 0.6) is 11.5 Å². The zero-order chi connectivity index (χ0) is 38.6. The lowest BCUT2D eigenvalue weighted by molar-refractivity contribution is -0.151. The van der Waals surface area contributed by atoms with Crippen molar-refractivity contribution in [2.24, 2.45) is 5.92 Å². The fourth-order valence-corrected chi connectivity index (χ4v) is 13.7. The minimum absolute atomic E-state index is 0.0747. The Kier molecular flexibility index (Phi) is 9.59. The maximum Gasteiger partial charge on any atom is 0.264 e. The summed E-state index contributed by atoms with van der Waals surface area (Å²) < 4.78 is 18.5. The normalized spacial score (nSPS) is 24.5. The summed E-state index contributed by atoms with van der Waals surface area (Å²) in [4.78, 5) is 47.4. The number of aliphatic hydroxyl groups excluding tert-OH is 1. The number of rotatable bonds is 10. The standard InChI is InChI=1S/C44H49N3O7Si/c1-28-42(55(4,5)36-17-14-34(52-2)15-18-36)39(24-41(50)46-26-31-9-7-6-8-30(31)22-33(46)27-48)54-44(28)37-23-35(53-3)16-19-38(37)47(43(44)51)25-29-10-12-32(13-11-29)45-21-20-40(45)49/h6-19,23,28,33,39,42,48H,20-22,24-27H2,1-5H3/t28-,33+,39+,42-,44+/m1/s1. The third-order valence-electron chi connectivity index (χ3n) is 12.7. The summed E-state index contributed by atoms with van der Waals surface area (Å²) >= 11 is 0. The number of hydrogen-bond acceptors (Lipinski definition) is 7. The molecule has 286 valence electrons. The van der Waals surface area contributed by atoms with Gasteiger partial charge in [0, 0.05) is 36.7 Å². The molecule has 2 fully saturated rings. The summed E-state index contributed by atoms with van der Waals surface area (Å²) in [5, 5.41) is 11.7. The predicted molar refractivity (Wildman–Crippen MR) is 213 cm³/mol. The molecule has 1 spiro atoms. The highest BCUT2D eigenvalue weighted by Crippen LogP contribution is 2.60. The highest BCUT2D eigenvalue weighted by atomic mass is 28.3. The second-order valence-electron chi connectivity index (χ2n) is 15.9. The van der Waals surface area contributed by atoms with Crippen LogP contribution in [0.1, 0.15) is 42.0 Å². The van der Waals surface area contributed by atoms with E-state index in [2.05, 4.69) is 38.2 Å². The molecular formula is C44H49N3O7Si. The summed E-state index contributed by atoms with van der Waals surface area (Å²) in [7, 11) is 0.742. The van der Waals surface area contributed by atoms with Gasteiger partial charge in [0.2, 0.25) is 11.8 Å². The van der Waals surface area contributed by atoms with Crippen molar-refractivity contribution in [3.8, 4) is 11.5 Å². The van der Waals surface area contributed by atoms with E-state index in [1.54, 1.807) is 24.0 Å². The molecule has 2 saturated heterocycles. The van der Waals surface area contributed by atoms with Gasteiger partial charge in [0.05, 0.1) is 59.7 Å². The van der Waals surface area contributed by atoms with Crippen molar-refractivity contribution in [2.75, 3.05) is 37.2 Å². The van der Waals surface area contributed by atoms with E-state index >= 15 is 4.79 Å². The average molecular weight is 760 g/mol. The molecule has 4 aromatic rings. The van der Waals surface area contributed by atoms with E-state index in [0.29, 0.717) is 38.2 Å². The van der Waals surface area contributed by atoms with Gasteiger partial charge in [0.25, 0.3) is 5.91 Å². The highest BCUT2D eigenvalue weighted by molar-refractivity contribution is 6.91.